The van der Waals surface area contributed by atoms with E-state index in [2.05, 4.69) is 15.3 Å². The summed E-state index contributed by atoms with van der Waals surface area (Å²) < 4.78 is 20.2. The zero-order valence-corrected chi connectivity index (χ0v) is 17.5. The van der Waals surface area contributed by atoms with Gasteiger partial charge in [-0.25, -0.2) is 14.4 Å². The number of aliphatic hydroxyl groups excluding tert-OH is 2. The second kappa shape index (κ2) is 10.5. The molecule has 31 heavy (non-hydrogen) atoms. The quantitative estimate of drug-likeness (QED) is 0.460. The summed E-state index contributed by atoms with van der Waals surface area (Å²) in [4.78, 5) is 21.3. The Morgan fingerprint density at radius 1 is 1.23 bits per heavy atom. The Hall–Kier alpha value is -2.85. The molecule has 0 saturated carbocycles. The van der Waals surface area contributed by atoms with Crippen molar-refractivity contribution in [3.05, 3.63) is 75.5 Å². The maximum atomic E-state index is 13.8. The molecule has 0 bridgehead atoms. The number of benzene rings is 1. The van der Waals surface area contributed by atoms with Crippen LogP contribution in [-0.2, 0) is 4.74 Å². The molecule has 0 saturated heterocycles. The zero-order chi connectivity index (χ0) is 22.4. The molecule has 0 aliphatic heterocycles. The van der Waals surface area contributed by atoms with Gasteiger partial charge in [0.2, 0.25) is 5.95 Å². The fourth-order valence-corrected chi connectivity index (χ4v) is 3.21. The van der Waals surface area contributed by atoms with Gasteiger partial charge in [-0.2, -0.15) is 0 Å². The molecular weight excluding hydrogens is 427 g/mol. The number of nitrogens with zero attached hydrogens (tertiary/aromatic N) is 3. The Bertz CT molecular complexity index is 1090. The van der Waals surface area contributed by atoms with Gasteiger partial charge in [-0.05, 0) is 29.8 Å². The van der Waals surface area contributed by atoms with E-state index in [-0.39, 0.29) is 30.2 Å². The molecule has 0 spiro atoms. The normalized spacial score (nSPS) is 13.1. The predicted molar refractivity (Wildman–Crippen MR) is 115 cm³/mol. The average molecular weight is 449 g/mol. The largest absolute Gasteiger partial charge is 0.394 e. The molecule has 0 fully saturated rings. The number of pyridine rings is 1. The van der Waals surface area contributed by atoms with Gasteiger partial charge < -0.3 is 24.8 Å². The number of aliphatic hydroxyl groups is 2. The van der Waals surface area contributed by atoms with Crippen molar-refractivity contribution in [2.75, 3.05) is 32.2 Å². The second-order valence-electron chi connectivity index (χ2n) is 6.78. The molecule has 2 aromatic heterocycles. The highest BCUT2D eigenvalue weighted by Crippen LogP contribution is 2.23. The van der Waals surface area contributed by atoms with Crippen LogP contribution < -0.4 is 10.9 Å². The number of rotatable bonds is 9. The fraction of sp³-hybridized carbons (Fsp3) is 0.286. The summed E-state index contributed by atoms with van der Waals surface area (Å²) in [5, 5.41) is 22.1. The molecule has 0 amide bonds. The summed E-state index contributed by atoms with van der Waals surface area (Å²) >= 11 is 5.72. The van der Waals surface area contributed by atoms with Gasteiger partial charge in [0.05, 0.1) is 42.6 Å². The van der Waals surface area contributed by atoms with Crippen molar-refractivity contribution < 1.29 is 19.3 Å². The number of hydrogen-bond acceptors (Lipinski definition) is 7. The van der Waals surface area contributed by atoms with E-state index in [4.69, 9.17) is 16.3 Å². The van der Waals surface area contributed by atoms with Crippen LogP contribution in [0.2, 0.25) is 5.02 Å². The van der Waals surface area contributed by atoms with Gasteiger partial charge >= 0.3 is 0 Å². The lowest BCUT2D eigenvalue weighted by atomic mass is 10.1. The maximum Gasteiger partial charge on any atom is 0.251 e. The average Bonchev–Trinajstić information content (AvgIpc) is 2.77. The van der Waals surface area contributed by atoms with E-state index in [1.165, 1.54) is 42.3 Å². The van der Waals surface area contributed by atoms with Gasteiger partial charge in [-0.15, -0.1) is 0 Å². The zero-order valence-electron chi connectivity index (χ0n) is 16.7. The molecule has 2 heterocycles. The molecule has 164 valence electrons. The van der Waals surface area contributed by atoms with E-state index in [1.807, 2.05) is 0 Å². The first-order chi connectivity index (χ1) is 15.0. The monoisotopic (exact) mass is 448 g/mol. The molecule has 1 aromatic carbocycles. The van der Waals surface area contributed by atoms with E-state index in [1.54, 1.807) is 18.2 Å². The molecule has 10 heteroatoms. The van der Waals surface area contributed by atoms with Crippen molar-refractivity contribution in [2.24, 2.45) is 0 Å². The minimum absolute atomic E-state index is 0.0368. The van der Waals surface area contributed by atoms with Crippen molar-refractivity contribution in [1.29, 1.82) is 0 Å². The number of hydrogen-bond donors (Lipinski definition) is 3. The third-order valence-electron chi connectivity index (χ3n) is 4.66. The third kappa shape index (κ3) is 5.45. The molecule has 3 aromatic rings. The minimum atomic E-state index is -0.768. The number of methoxy groups -OCH3 is 1. The Labute approximate surface area is 182 Å². The summed E-state index contributed by atoms with van der Waals surface area (Å²) in [5.41, 5.74) is 1.06. The molecule has 0 aliphatic rings. The molecule has 3 rings (SSSR count). The Morgan fingerprint density at radius 2 is 2.03 bits per heavy atom. The van der Waals surface area contributed by atoms with Gasteiger partial charge in [0.15, 0.2) is 0 Å². The lowest BCUT2D eigenvalue weighted by Gasteiger charge is -2.19. The highest BCUT2D eigenvalue weighted by atomic mass is 35.5. The first-order valence-electron chi connectivity index (χ1n) is 9.44. The van der Waals surface area contributed by atoms with Gasteiger partial charge in [-0.1, -0.05) is 17.7 Å². The Balaban J connectivity index is 1.89. The smallest absolute Gasteiger partial charge is 0.251 e. The van der Waals surface area contributed by atoms with Crippen molar-refractivity contribution in [3.8, 4) is 11.3 Å². The van der Waals surface area contributed by atoms with Crippen LogP contribution in [0, 0.1) is 5.82 Å². The molecule has 0 radical (unpaired) electrons. The van der Waals surface area contributed by atoms with Crippen LogP contribution >= 0.6 is 11.6 Å². The Morgan fingerprint density at radius 3 is 2.68 bits per heavy atom. The number of halogens is 2. The molecular formula is C21H22ClFN4O4. The van der Waals surface area contributed by atoms with Crippen LogP contribution in [0.25, 0.3) is 11.3 Å². The maximum absolute atomic E-state index is 13.8. The van der Waals surface area contributed by atoms with Crippen molar-refractivity contribution in [3.63, 3.8) is 0 Å². The number of nitrogens with one attached hydrogen (secondary N) is 1. The van der Waals surface area contributed by atoms with E-state index in [0.717, 1.165) is 0 Å². The number of aromatic nitrogens is 3. The van der Waals surface area contributed by atoms with E-state index < -0.39 is 24.0 Å². The van der Waals surface area contributed by atoms with Crippen molar-refractivity contribution in [2.45, 2.75) is 12.1 Å². The summed E-state index contributed by atoms with van der Waals surface area (Å²) in [5.74, 6) is -0.347. The van der Waals surface area contributed by atoms with E-state index >= 15 is 0 Å². The summed E-state index contributed by atoms with van der Waals surface area (Å²) in [6.07, 6.45) is 3.05. The Kier molecular flexibility index (Phi) is 7.69. The number of anilines is 1. The van der Waals surface area contributed by atoms with Crippen molar-refractivity contribution in [1.82, 2.24) is 14.5 Å². The SMILES string of the molecule is COCC(CO)Nc1nccc(-c2ccn([C@H](CO)c3ccc(Cl)c(F)c3)c(=O)c2)n1. The topological polar surface area (TPSA) is 110 Å². The number of ether oxygens (including phenoxy) is 1. The van der Waals surface area contributed by atoms with Gasteiger partial charge in [-0.3, -0.25) is 4.79 Å². The van der Waals surface area contributed by atoms with Crippen LogP contribution in [0.1, 0.15) is 11.6 Å². The lowest BCUT2D eigenvalue weighted by Crippen LogP contribution is -2.29. The first kappa shape index (κ1) is 22.8. The molecule has 8 nitrogen and oxygen atoms in total. The minimum Gasteiger partial charge on any atom is -0.394 e. The second-order valence-corrected chi connectivity index (χ2v) is 7.18. The van der Waals surface area contributed by atoms with Crippen LogP contribution in [0.15, 0.2) is 53.6 Å². The van der Waals surface area contributed by atoms with Gasteiger partial charge in [0, 0.05) is 31.1 Å². The highest BCUT2D eigenvalue weighted by Gasteiger charge is 2.17. The van der Waals surface area contributed by atoms with E-state index in [9.17, 15) is 19.4 Å². The fourth-order valence-electron chi connectivity index (χ4n) is 3.09. The van der Waals surface area contributed by atoms with Crippen LogP contribution in [0.5, 0.6) is 0 Å². The summed E-state index contributed by atoms with van der Waals surface area (Å²) in [6.45, 7) is -0.288. The molecule has 0 aliphatic carbocycles. The summed E-state index contributed by atoms with van der Waals surface area (Å²) in [7, 11) is 1.52. The van der Waals surface area contributed by atoms with Crippen LogP contribution in [0.4, 0.5) is 10.3 Å². The molecule has 3 N–H and O–H groups in total. The van der Waals surface area contributed by atoms with E-state index in [0.29, 0.717) is 16.8 Å². The van der Waals surface area contributed by atoms with Gasteiger partial charge in [0.25, 0.3) is 5.56 Å². The predicted octanol–water partition coefficient (Wildman–Crippen LogP) is 2.10. The highest BCUT2D eigenvalue weighted by molar-refractivity contribution is 6.30. The van der Waals surface area contributed by atoms with Crippen LogP contribution in [0.3, 0.4) is 0 Å². The third-order valence-corrected chi connectivity index (χ3v) is 4.96. The summed E-state index contributed by atoms with van der Waals surface area (Å²) in [6, 6.07) is 7.69. The first-order valence-corrected chi connectivity index (χ1v) is 9.82. The molecule has 1 unspecified atom stereocenters. The van der Waals surface area contributed by atoms with Gasteiger partial charge in [0.1, 0.15) is 5.82 Å². The van der Waals surface area contributed by atoms with Crippen LogP contribution in [-0.4, -0.2) is 57.7 Å². The van der Waals surface area contributed by atoms with Crippen molar-refractivity contribution >= 4 is 17.5 Å². The molecule has 2 atom stereocenters. The standard InChI is InChI=1S/C21H22ClFN4O4/c1-31-12-15(10-28)25-21-24-6-4-18(26-21)13-5-7-27(20(30)9-13)19(11-29)14-2-3-16(22)17(23)8-14/h2-9,15,19,28-29H,10-12H2,1H3,(H,24,25,26)/t15?,19-/m1/s1. The lowest BCUT2D eigenvalue weighted by molar-refractivity contribution is 0.153.